The van der Waals surface area contributed by atoms with Crippen molar-refractivity contribution in [2.75, 3.05) is 26.4 Å². The van der Waals surface area contributed by atoms with Crippen molar-refractivity contribution in [3.63, 3.8) is 0 Å². The Hall–Kier alpha value is -1.68. The summed E-state index contributed by atoms with van der Waals surface area (Å²) in [4.78, 5) is 12.9. The van der Waals surface area contributed by atoms with Crippen molar-refractivity contribution in [2.45, 2.75) is 256 Å². The number of allylic oxidation sites excluding steroid dienone is 6. The summed E-state index contributed by atoms with van der Waals surface area (Å²) in [6.07, 6.45) is 41.8. The Labute approximate surface area is 390 Å². The van der Waals surface area contributed by atoms with Crippen LogP contribution in [-0.2, 0) is 38.3 Å². The van der Waals surface area contributed by atoms with Gasteiger partial charge in [0.2, 0.25) is 0 Å². The fraction of sp³-hybridized carbons (Fsp3) is 0.863. The van der Waals surface area contributed by atoms with Gasteiger partial charge in [-0.3, -0.25) is 9.35 Å². The van der Waals surface area contributed by atoms with Gasteiger partial charge >= 0.3 is 16.4 Å². The summed E-state index contributed by atoms with van der Waals surface area (Å²) in [6, 6.07) is 0. The van der Waals surface area contributed by atoms with Gasteiger partial charge in [-0.05, 0) is 44.9 Å². The van der Waals surface area contributed by atoms with Gasteiger partial charge in [-0.2, -0.15) is 8.42 Å². The van der Waals surface area contributed by atoms with Crippen molar-refractivity contribution in [3.8, 4) is 0 Å². The fourth-order valence-corrected chi connectivity index (χ4v) is 8.43. The maximum Gasteiger partial charge on any atom is 0.397 e. The molecule has 0 saturated carbocycles. The minimum Gasteiger partial charge on any atom is -0.457 e. The van der Waals surface area contributed by atoms with Crippen molar-refractivity contribution < 1.29 is 56.2 Å². The van der Waals surface area contributed by atoms with Crippen LogP contribution in [0.5, 0.6) is 0 Å². The molecule has 0 radical (unpaired) electrons. The van der Waals surface area contributed by atoms with Gasteiger partial charge < -0.3 is 34.3 Å². The zero-order chi connectivity index (χ0) is 46.8. The molecule has 0 aliphatic carbocycles. The molecule has 0 bridgehead atoms. The molecule has 6 unspecified atom stereocenters. The molecular weight excluding hydrogens is 837 g/mol. The molecule has 0 aromatic heterocycles. The summed E-state index contributed by atoms with van der Waals surface area (Å²) in [5.74, 6) is -0.413. The van der Waals surface area contributed by atoms with Crippen molar-refractivity contribution in [1.29, 1.82) is 0 Å². The number of aliphatic hydroxyl groups excluding tert-OH is 3. The molecule has 0 spiro atoms. The van der Waals surface area contributed by atoms with Crippen LogP contribution in [0.25, 0.3) is 0 Å². The van der Waals surface area contributed by atoms with Gasteiger partial charge in [-0.1, -0.05) is 204 Å². The second kappa shape index (κ2) is 42.7. The molecule has 13 heteroatoms. The molecule has 1 rings (SSSR count). The lowest BCUT2D eigenvalue weighted by molar-refractivity contribution is -0.301. The van der Waals surface area contributed by atoms with Gasteiger partial charge in [-0.15, -0.1) is 0 Å². The summed E-state index contributed by atoms with van der Waals surface area (Å²) in [5.41, 5.74) is 0. The molecule has 376 valence electrons. The highest BCUT2D eigenvalue weighted by Gasteiger charge is 2.48. The van der Waals surface area contributed by atoms with E-state index < -0.39 is 59.8 Å². The van der Waals surface area contributed by atoms with Crippen LogP contribution in [0.1, 0.15) is 219 Å². The van der Waals surface area contributed by atoms with E-state index in [1.807, 2.05) is 0 Å². The predicted molar refractivity (Wildman–Crippen MR) is 257 cm³/mol. The highest BCUT2D eigenvalue weighted by molar-refractivity contribution is 7.80. The van der Waals surface area contributed by atoms with E-state index in [1.165, 1.54) is 122 Å². The summed E-state index contributed by atoms with van der Waals surface area (Å²) >= 11 is 0. The highest BCUT2D eigenvalue weighted by Crippen LogP contribution is 2.26. The summed E-state index contributed by atoms with van der Waals surface area (Å²) in [6.45, 7) is 3.89. The molecule has 1 aliphatic heterocycles. The molecule has 12 nitrogen and oxygen atoms in total. The Morgan fingerprint density at radius 3 is 1.58 bits per heavy atom. The number of carbonyl (C=O) groups is 1. The van der Waals surface area contributed by atoms with Crippen molar-refractivity contribution >= 4 is 16.4 Å². The molecule has 6 atom stereocenters. The summed E-state index contributed by atoms with van der Waals surface area (Å²) in [7, 11) is -5.07. The van der Waals surface area contributed by atoms with Gasteiger partial charge in [0, 0.05) is 13.0 Å². The normalized spacial score (nSPS) is 20.0. The van der Waals surface area contributed by atoms with Crippen LogP contribution in [0.4, 0.5) is 0 Å². The topological polar surface area (TPSA) is 178 Å². The Morgan fingerprint density at radius 1 is 0.609 bits per heavy atom. The SMILES string of the molecule is CC/C=C\C/C=C\C/C=C\CCCCCCCC(=O)OC(COCCCCCCCCCCCCCCCCCCCCCCCC)COC1OC(CO)C(O)C(OS(=O)(=O)O)C1O. The van der Waals surface area contributed by atoms with Crippen molar-refractivity contribution in [1.82, 2.24) is 0 Å². The van der Waals surface area contributed by atoms with Gasteiger partial charge in [0.1, 0.15) is 30.5 Å². The lowest BCUT2D eigenvalue weighted by Crippen LogP contribution is -2.60. The first-order valence-electron chi connectivity index (χ1n) is 25.7. The molecule has 4 N–H and O–H groups in total. The van der Waals surface area contributed by atoms with E-state index in [-0.39, 0.29) is 19.6 Å². The van der Waals surface area contributed by atoms with E-state index in [2.05, 4.69) is 54.5 Å². The predicted octanol–water partition coefficient (Wildman–Crippen LogP) is 11.7. The van der Waals surface area contributed by atoms with E-state index in [9.17, 15) is 33.1 Å². The Bertz CT molecular complexity index is 1260. The molecule has 0 aromatic carbocycles. The monoisotopic (exact) mass is 931 g/mol. The molecule has 1 heterocycles. The van der Waals surface area contributed by atoms with Gasteiger partial charge in [-0.25, -0.2) is 4.18 Å². The Balaban J connectivity index is 2.33. The third-order valence-electron chi connectivity index (χ3n) is 11.8. The second-order valence-electron chi connectivity index (χ2n) is 17.7. The Kier molecular flexibility index (Phi) is 40.2. The van der Waals surface area contributed by atoms with Crippen LogP contribution < -0.4 is 0 Å². The average molecular weight is 931 g/mol. The van der Waals surface area contributed by atoms with Crippen LogP contribution in [-0.4, -0.2) is 97.5 Å². The van der Waals surface area contributed by atoms with Crippen LogP contribution in [0, 0.1) is 0 Å². The van der Waals surface area contributed by atoms with Crippen LogP contribution in [0.2, 0.25) is 0 Å². The zero-order valence-corrected chi connectivity index (χ0v) is 41.2. The number of unbranched alkanes of at least 4 members (excludes halogenated alkanes) is 26. The smallest absolute Gasteiger partial charge is 0.397 e. The number of hydrogen-bond acceptors (Lipinski definition) is 11. The van der Waals surface area contributed by atoms with Crippen LogP contribution >= 0.6 is 0 Å². The number of hydrogen-bond donors (Lipinski definition) is 4. The molecule has 1 saturated heterocycles. The third-order valence-corrected chi connectivity index (χ3v) is 12.2. The molecule has 1 aliphatic rings. The summed E-state index contributed by atoms with van der Waals surface area (Å²) < 4.78 is 59.2. The quantitative estimate of drug-likeness (QED) is 0.0197. The number of rotatable bonds is 45. The maximum atomic E-state index is 12.9. The second-order valence-corrected chi connectivity index (χ2v) is 18.8. The van der Waals surface area contributed by atoms with Crippen LogP contribution in [0.15, 0.2) is 36.5 Å². The number of aliphatic hydroxyl groups is 3. The molecular formula is C51H94O12S. The van der Waals surface area contributed by atoms with Gasteiger partial charge in [0.05, 0.1) is 19.8 Å². The number of ether oxygens (including phenoxy) is 4. The average Bonchev–Trinajstić information content (AvgIpc) is 3.27. The zero-order valence-electron chi connectivity index (χ0n) is 40.3. The molecule has 0 amide bonds. The largest absolute Gasteiger partial charge is 0.457 e. The van der Waals surface area contributed by atoms with Crippen molar-refractivity contribution in [2.24, 2.45) is 0 Å². The van der Waals surface area contributed by atoms with Gasteiger partial charge in [0.25, 0.3) is 0 Å². The van der Waals surface area contributed by atoms with Crippen molar-refractivity contribution in [3.05, 3.63) is 36.5 Å². The van der Waals surface area contributed by atoms with E-state index in [4.69, 9.17) is 18.9 Å². The van der Waals surface area contributed by atoms with E-state index >= 15 is 0 Å². The first-order chi connectivity index (χ1) is 31.1. The first kappa shape index (κ1) is 60.3. The summed E-state index contributed by atoms with van der Waals surface area (Å²) in [5, 5.41) is 30.7. The molecule has 1 fully saturated rings. The molecule has 64 heavy (non-hydrogen) atoms. The third kappa shape index (κ3) is 35.5. The van der Waals surface area contributed by atoms with E-state index in [1.54, 1.807) is 0 Å². The maximum absolute atomic E-state index is 12.9. The Morgan fingerprint density at radius 2 is 1.08 bits per heavy atom. The lowest BCUT2D eigenvalue weighted by Gasteiger charge is -2.41. The first-order valence-corrected chi connectivity index (χ1v) is 27.1. The van der Waals surface area contributed by atoms with E-state index in [0.717, 1.165) is 70.6 Å². The number of esters is 1. The van der Waals surface area contributed by atoms with E-state index in [0.29, 0.717) is 13.0 Å². The standard InChI is InChI=1S/C51H94O12S/c1-3-5-7-9-11-13-15-17-19-20-21-22-23-24-25-27-29-31-33-35-37-39-41-59-43-45(44-60-51-49(55)50(63-64(56,57)58)48(54)46(42-52)62-51)61-47(53)40-38-36-34-32-30-28-26-18-16-14-12-10-8-6-4-2/h6,8,12,14,18,26,45-46,48-52,54-55H,3-5,7,9-11,13,15-17,19-25,27-44H2,1-2H3,(H,56,57,58)/b8-6-,14-12-,26-18-. The lowest BCUT2D eigenvalue weighted by atomic mass is 9.99. The highest BCUT2D eigenvalue weighted by atomic mass is 32.3. The fourth-order valence-electron chi connectivity index (χ4n) is 7.92. The molecule has 0 aromatic rings. The van der Waals surface area contributed by atoms with Gasteiger partial charge in [0.15, 0.2) is 6.29 Å². The number of carbonyl (C=O) groups excluding carboxylic acids is 1. The minimum absolute atomic E-state index is 0.0318. The minimum atomic E-state index is -5.07. The van der Waals surface area contributed by atoms with Crippen LogP contribution in [0.3, 0.4) is 0 Å².